The van der Waals surface area contributed by atoms with Crippen molar-refractivity contribution in [3.63, 3.8) is 0 Å². The molecule has 5 nitrogen and oxygen atoms in total. The summed E-state index contributed by atoms with van der Waals surface area (Å²) < 4.78 is 5.43. The second-order valence-corrected chi connectivity index (χ2v) is 9.04. The Morgan fingerprint density at radius 3 is 2.62 bits per heavy atom. The van der Waals surface area contributed by atoms with Gasteiger partial charge in [-0.3, -0.25) is 9.59 Å². The van der Waals surface area contributed by atoms with Crippen molar-refractivity contribution in [3.8, 4) is 5.75 Å². The molecule has 2 heterocycles. The number of amides is 1. The largest absolute Gasteiger partial charge is 0.496 e. The van der Waals surface area contributed by atoms with Crippen LogP contribution in [0.15, 0.2) is 36.4 Å². The van der Waals surface area contributed by atoms with Crippen molar-refractivity contribution < 1.29 is 14.3 Å². The highest BCUT2D eigenvalue weighted by atomic mass is 16.5. The maximum absolute atomic E-state index is 12.8. The van der Waals surface area contributed by atoms with Crippen molar-refractivity contribution in [2.75, 3.05) is 38.7 Å². The number of carbonyl (C=O) groups is 2. The molecule has 0 aliphatic carbocycles. The van der Waals surface area contributed by atoms with Gasteiger partial charge in [0, 0.05) is 31.5 Å². The molecule has 0 bridgehead atoms. The molecule has 0 aromatic heterocycles. The minimum absolute atomic E-state index is 0.225. The van der Waals surface area contributed by atoms with E-state index in [-0.39, 0.29) is 11.7 Å². The van der Waals surface area contributed by atoms with Crippen molar-refractivity contribution in [1.82, 2.24) is 4.90 Å². The smallest absolute Gasteiger partial charge is 0.227 e. The van der Waals surface area contributed by atoms with Gasteiger partial charge in [0.25, 0.3) is 0 Å². The average Bonchev–Trinajstić information content (AvgIpc) is 3.25. The summed E-state index contributed by atoms with van der Waals surface area (Å²) in [4.78, 5) is 29.1. The summed E-state index contributed by atoms with van der Waals surface area (Å²) in [5.41, 5.74) is 5.53. The Labute approximate surface area is 191 Å². The zero-order valence-electron chi connectivity index (χ0n) is 19.4. The molecule has 0 N–H and O–H groups in total. The average molecular weight is 435 g/mol. The predicted molar refractivity (Wildman–Crippen MR) is 128 cm³/mol. The molecule has 0 spiro atoms. The third-order valence-corrected chi connectivity index (χ3v) is 6.77. The number of para-hydroxylation sites is 1. The van der Waals surface area contributed by atoms with Gasteiger partial charge >= 0.3 is 0 Å². The molecule has 5 heteroatoms. The number of rotatable bonds is 11. The van der Waals surface area contributed by atoms with Crippen LogP contribution in [0.4, 0.5) is 5.69 Å². The lowest BCUT2D eigenvalue weighted by Crippen LogP contribution is -2.32. The summed E-state index contributed by atoms with van der Waals surface area (Å²) in [6.07, 6.45) is 6.86. The van der Waals surface area contributed by atoms with Crippen LogP contribution >= 0.6 is 0 Å². The molecule has 2 aliphatic rings. The molecule has 0 unspecified atom stereocenters. The number of ketones is 1. The molecule has 0 radical (unpaired) electrons. The number of ether oxygens (including phenoxy) is 1. The Morgan fingerprint density at radius 1 is 1.03 bits per heavy atom. The standard InChI is InChI=1S/C27H34N2O3/c1-28(16-13-20-8-5-6-10-25(20)32-2)15-7-3-4-9-24(30)23-18-21-11-12-26(31)29-17-14-22(19-23)27(21)29/h5-6,8,10,18-19H,3-4,7,9,11-17H2,1-2H3. The van der Waals surface area contributed by atoms with Crippen LogP contribution in [-0.4, -0.2) is 50.4 Å². The predicted octanol–water partition coefficient (Wildman–Crippen LogP) is 4.45. The molecule has 170 valence electrons. The van der Waals surface area contributed by atoms with E-state index in [0.29, 0.717) is 12.8 Å². The van der Waals surface area contributed by atoms with Gasteiger partial charge in [-0.2, -0.15) is 0 Å². The molecule has 0 saturated carbocycles. The van der Waals surface area contributed by atoms with Gasteiger partial charge in [-0.05, 0) is 80.6 Å². The fourth-order valence-corrected chi connectivity index (χ4v) is 4.94. The molecule has 4 rings (SSSR count). The quantitative estimate of drug-likeness (QED) is 0.387. The molecule has 0 fully saturated rings. The van der Waals surface area contributed by atoms with E-state index >= 15 is 0 Å². The van der Waals surface area contributed by atoms with Gasteiger partial charge < -0.3 is 14.5 Å². The third kappa shape index (κ3) is 5.04. The van der Waals surface area contributed by atoms with Gasteiger partial charge in [-0.25, -0.2) is 0 Å². The number of hydrogen-bond acceptors (Lipinski definition) is 4. The molecule has 2 aromatic rings. The Kier molecular flexibility index (Phi) is 7.26. The van der Waals surface area contributed by atoms with E-state index in [4.69, 9.17) is 4.74 Å². The van der Waals surface area contributed by atoms with Crippen LogP contribution in [0.2, 0.25) is 0 Å². The van der Waals surface area contributed by atoms with E-state index in [2.05, 4.69) is 24.1 Å². The van der Waals surface area contributed by atoms with Gasteiger partial charge in [-0.15, -0.1) is 0 Å². The van der Waals surface area contributed by atoms with Crippen molar-refractivity contribution >= 4 is 17.4 Å². The van der Waals surface area contributed by atoms with E-state index in [1.807, 2.05) is 29.2 Å². The Morgan fingerprint density at radius 2 is 1.81 bits per heavy atom. The molecule has 32 heavy (non-hydrogen) atoms. The fraction of sp³-hybridized carbons (Fsp3) is 0.481. The highest BCUT2D eigenvalue weighted by molar-refractivity contribution is 6.02. The first-order valence-corrected chi connectivity index (χ1v) is 11.9. The summed E-state index contributed by atoms with van der Waals surface area (Å²) in [5, 5.41) is 0. The van der Waals surface area contributed by atoms with Crippen LogP contribution in [0, 0.1) is 0 Å². The monoisotopic (exact) mass is 434 g/mol. The summed E-state index contributed by atoms with van der Waals surface area (Å²) in [6, 6.07) is 12.3. The van der Waals surface area contributed by atoms with Crippen molar-refractivity contribution in [3.05, 3.63) is 58.7 Å². The van der Waals surface area contributed by atoms with Crippen LogP contribution in [0.5, 0.6) is 5.75 Å². The van der Waals surface area contributed by atoms with Gasteiger partial charge in [0.05, 0.1) is 12.8 Å². The molecule has 2 aliphatic heterocycles. The van der Waals surface area contributed by atoms with Crippen molar-refractivity contribution in [1.29, 1.82) is 0 Å². The number of carbonyl (C=O) groups excluding carboxylic acids is 2. The van der Waals surface area contributed by atoms with Gasteiger partial charge in [0.15, 0.2) is 5.78 Å². The summed E-state index contributed by atoms with van der Waals surface area (Å²) in [6.45, 7) is 2.80. The normalized spacial score (nSPS) is 14.7. The summed E-state index contributed by atoms with van der Waals surface area (Å²) >= 11 is 0. The zero-order chi connectivity index (χ0) is 22.5. The summed E-state index contributed by atoms with van der Waals surface area (Å²) in [5.74, 6) is 1.42. The lowest BCUT2D eigenvalue weighted by molar-refractivity contribution is -0.118. The second-order valence-electron chi connectivity index (χ2n) is 9.04. The summed E-state index contributed by atoms with van der Waals surface area (Å²) in [7, 11) is 3.88. The molecule has 2 aromatic carbocycles. The number of unbranched alkanes of at least 4 members (excludes halogenated alkanes) is 2. The number of hydrogen-bond donors (Lipinski definition) is 0. The first-order valence-electron chi connectivity index (χ1n) is 11.9. The van der Waals surface area contributed by atoms with E-state index in [1.165, 1.54) is 16.7 Å². The molecular formula is C27H34N2O3. The highest BCUT2D eigenvalue weighted by Crippen LogP contribution is 2.37. The number of methoxy groups -OCH3 is 1. The topological polar surface area (TPSA) is 49.9 Å². The molecule has 0 saturated heterocycles. The van der Waals surface area contributed by atoms with Crippen LogP contribution in [-0.2, 0) is 24.1 Å². The molecule has 1 amide bonds. The van der Waals surface area contributed by atoms with Gasteiger partial charge in [0.1, 0.15) is 5.75 Å². The van der Waals surface area contributed by atoms with Crippen LogP contribution < -0.4 is 9.64 Å². The van der Waals surface area contributed by atoms with E-state index in [9.17, 15) is 9.59 Å². The number of benzene rings is 2. The minimum Gasteiger partial charge on any atom is -0.496 e. The Hall–Kier alpha value is -2.66. The van der Waals surface area contributed by atoms with Crippen LogP contribution in [0.1, 0.15) is 59.2 Å². The Balaban J connectivity index is 1.19. The minimum atomic E-state index is 0.225. The van der Waals surface area contributed by atoms with Gasteiger partial charge in [-0.1, -0.05) is 24.6 Å². The first-order chi connectivity index (χ1) is 15.6. The Bertz CT molecular complexity index is 985. The molecular weight excluding hydrogens is 400 g/mol. The number of aryl methyl sites for hydroxylation is 1. The van der Waals surface area contributed by atoms with Gasteiger partial charge in [0.2, 0.25) is 5.91 Å². The first kappa shape index (κ1) is 22.5. The van der Waals surface area contributed by atoms with E-state index in [1.54, 1.807) is 7.11 Å². The number of Topliss-reactive ketones (excluding diaryl/α,β-unsaturated/α-hetero) is 1. The lowest BCUT2D eigenvalue weighted by Gasteiger charge is -2.25. The van der Waals surface area contributed by atoms with E-state index < -0.39 is 0 Å². The fourth-order valence-electron chi connectivity index (χ4n) is 4.94. The van der Waals surface area contributed by atoms with E-state index in [0.717, 1.165) is 75.2 Å². The highest BCUT2D eigenvalue weighted by Gasteiger charge is 2.31. The van der Waals surface area contributed by atoms with Crippen molar-refractivity contribution in [2.45, 2.75) is 51.4 Å². The maximum atomic E-state index is 12.8. The number of anilines is 1. The third-order valence-electron chi connectivity index (χ3n) is 6.77. The second kappa shape index (κ2) is 10.3. The van der Waals surface area contributed by atoms with Crippen molar-refractivity contribution in [2.24, 2.45) is 0 Å². The lowest BCUT2D eigenvalue weighted by atomic mass is 9.94. The van der Waals surface area contributed by atoms with Crippen LogP contribution in [0.25, 0.3) is 0 Å². The number of nitrogens with zero attached hydrogens (tertiary/aromatic N) is 2. The van der Waals surface area contributed by atoms with Crippen LogP contribution in [0.3, 0.4) is 0 Å². The molecule has 0 atom stereocenters. The SMILES string of the molecule is COc1ccccc1CCN(C)CCCCCC(=O)c1cc2c3c(c1)CCN3C(=O)CC2. The maximum Gasteiger partial charge on any atom is 0.227 e. The number of likely N-dealkylation sites (N-methyl/N-ethyl adjacent to an activating group) is 1. The zero-order valence-corrected chi connectivity index (χ0v) is 19.4.